The van der Waals surface area contributed by atoms with Crippen LogP contribution in [0.15, 0.2) is 83.4 Å². The maximum absolute atomic E-state index is 13.0. The van der Waals surface area contributed by atoms with Gasteiger partial charge in [-0.25, -0.2) is 4.98 Å². The van der Waals surface area contributed by atoms with E-state index in [9.17, 15) is 18.0 Å². The van der Waals surface area contributed by atoms with Crippen LogP contribution >= 0.6 is 0 Å². The van der Waals surface area contributed by atoms with Crippen molar-refractivity contribution >= 4 is 11.6 Å². The molecule has 162 valence electrons. The highest BCUT2D eigenvalue weighted by Gasteiger charge is 2.30. The number of halogens is 3. The molecular formula is C24H17F3N2O3. The molecule has 3 aromatic carbocycles. The molecule has 5 nitrogen and oxygen atoms in total. The van der Waals surface area contributed by atoms with Crippen molar-refractivity contribution in [3.05, 3.63) is 90.1 Å². The maximum Gasteiger partial charge on any atom is 0.416 e. The molecule has 0 atom stereocenters. The van der Waals surface area contributed by atoms with Gasteiger partial charge in [0.15, 0.2) is 5.76 Å². The molecule has 4 rings (SSSR count). The monoisotopic (exact) mass is 438 g/mol. The molecule has 0 fully saturated rings. The topological polar surface area (TPSA) is 64.4 Å². The summed E-state index contributed by atoms with van der Waals surface area (Å²) in [5.74, 6) is 0.756. The molecule has 0 aliphatic heterocycles. The molecule has 1 heterocycles. The second-order valence-corrected chi connectivity index (χ2v) is 6.84. The molecular weight excluding hydrogens is 421 g/mol. The zero-order valence-electron chi connectivity index (χ0n) is 16.8. The summed E-state index contributed by atoms with van der Waals surface area (Å²) in [6.45, 7) is 0. The lowest BCUT2D eigenvalue weighted by molar-refractivity contribution is -0.137. The highest BCUT2D eigenvalue weighted by molar-refractivity contribution is 6.08. The molecule has 1 N–H and O–H groups in total. The second kappa shape index (κ2) is 8.58. The van der Waals surface area contributed by atoms with Crippen LogP contribution < -0.4 is 10.1 Å². The molecule has 1 aromatic heterocycles. The van der Waals surface area contributed by atoms with Crippen molar-refractivity contribution in [2.45, 2.75) is 6.18 Å². The highest BCUT2D eigenvalue weighted by atomic mass is 19.4. The standard InChI is InChI=1S/C24H17F3N2O3/c1-31-18-9-4-6-15(12-18)21-14-28-23(32-21)20-11-3-2-10-19(20)22(30)29-17-8-5-7-16(13-17)24(25,26)27/h2-14H,1H3,(H,29,30). The number of oxazole rings is 1. The van der Waals surface area contributed by atoms with Crippen LogP contribution in [0.25, 0.3) is 22.8 Å². The number of alkyl halides is 3. The molecule has 8 heteroatoms. The number of hydrogen-bond acceptors (Lipinski definition) is 4. The predicted octanol–water partition coefficient (Wildman–Crippen LogP) is 6.29. The zero-order chi connectivity index (χ0) is 22.7. The van der Waals surface area contributed by atoms with E-state index in [1.165, 1.54) is 18.3 Å². The van der Waals surface area contributed by atoms with Gasteiger partial charge in [0.25, 0.3) is 5.91 Å². The Labute approximate surface area is 181 Å². The Kier molecular flexibility index (Phi) is 5.68. The third-order valence-electron chi connectivity index (χ3n) is 4.71. The number of anilines is 1. The number of aromatic nitrogens is 1. The smallest absolute Gasteiger partial charge is 0.416 e. The van der Waals surface area contributed by atoms with E-state index >= 15 is 0 Å². The summed E-state index contributed by atoms with van der Waals surface area (Å²) in [6, 6.07) is 18.2. The number of amides is 1. The highest BCUT2D eigenvalue weighted by Crippen LogP contribution is 2.32. The molecule has 0 unspecified atom stereocenters. The van der Waals surface area contributed by atoms with Crippen LogP contribution in [-0.4, -0.2) is 18.0 Å². The Bertz CT molecular complexity index is 1270. The SMILES string of the molecule is COc1cccc(-c2cnc(-c3ccccc3C(=O)Nc3cccc(C(F)(F)F)c3)o2)c1. The Morgan fingerprint density at radius 1 is 1.00 bits per heavy atom. The van der Waals surface area contributed by atoms with Crippen LogP contribution in [0.4, 0.5) is 18.9 Å². The van der Waals surface area contributed by atoms with Crippen LogP contribution in [0, 0.1) is 0 Å². The van der Waals surface area contributed by atoms with Gasteiger partial charge in [0.2, 0.25) is 5.89 Å². The van der Waals surface area contributed by atoms with E-state index in [-0.39, 0.29) is 17.1 Å². The van der Waals surface area contributed by atoms with Crippen molar-refractivity contribution < 1.29 is 27.1 Å². The van der Waals surface area contributed by atoms with E-state index < -0.39 is 17.6 Å². The van der Waals surface area contributed by atoms with E-state index in [1.54, 1.807) is 43.5 Å². The van der Waals surface area contributed by atoms with Crippen molar-refractivity contribution in [2.24, 2.45) is 0 Å². The first kappa shape index (κ1) is 21.2. The van der Waals surface area contributed by atoms with E-state index in [0.29, 0.717) is 17.1 Å². The second-order valence-electron chi connectivity index (χ2n) is 6.84. The zero-order valence-corrected chi connectivity index (χ0v) is 16.8. The number of nitrogens with one attached hydrogen (secondary N) is 1. The number of rotatable bonds is 5. The summed E-state index contributed by atoms with van der Waals surface area (Å²) in [5, 5.41) is 2.51. The van der Waals surface area contributed by atoms with Gasteiger partial charge in [0.05, 0.1) is 24.4 Å². The molecule has 0 saturated heterocycles. The molecule has 0 aliphatic carbocycles. The predicted molar refractivity (Wildman–Crippen MR) is 113 cm³/mol. The first-order chi connectivity index (χ1) is 15.3. The van der Waals surface area contributed by atoms with Crippen LogP contribution in [0.3, 0.4) is 0 Å². The van der Waals surface area contributed by atoms with Gasteiger partial charge in [-0.05, 0) is 42.5 Å². The van der Waals surface area contributed by atoms with Gasteiger partial charge in [0, 0.05) is 16.8 Å². The van der Waals surface area contributed by atoms with E-state index in [4.69, 9.17) is 9.15 Å². The van der Waals surface area contributed by atoms with Gasteiger partial charge < -0.3 is 14.5 Å². The molecule has 0 aliphatic rings. The van der Waals surface area contributed by atoms with Crippen molar-refractivity contribution in [3.63, 3.8) is 0 Å². The quantitative estimate of drug-likeness (QED) is 0.398. The molecule has 4 aromatic rings. The first-order valence-corrected chi connectivity index (χ1v) is 9.53. The van der Waals surface area contributed by atoms with Crippen molar-refractivity contribution in [1.82, 2.24) is 4.98 Å². The van der Waals surface area contributed by atoms with Crippen LogP contribution in [0.1, 0.15) is 15.9 Å². The third-order valence-corrected chi connectivity index (χ3v) is 4.71. The fourth-order valence-electron chi connectivity index (χ4n) is 3.15. The number of ether oxygens (including phenoxy) is 1. The lowest BCUT2D eigenvalue weighted by atomic mass is 10.1. The van der Waals surface area contributed by atoms with Gasteiger partial charge in [-0.2, -0.15) is 13.2 Å². The fourth-order valence-corrected chi connectivity index (χ4v) is 3.15. The summed E-state index contributed by atoms with van der Waals surface area (Å²) in [5.41, 5.74) is 0.549. The Balaban J connectivity index is 1.63. The fraction of sp³-hybridized carbons (Fsp3) is 0.0833. The summed E-state index contributed by atoms with van der Waals surface area (Å²) < 4.78 is 50.0. The van der Waals surface area contributed by atoms with Crippen molar-refractivity contribution in [1.29, 1.82) is 0 Å². The van der Waals surface area contributed by atoms with Crippen LogP contribution in [-0.2, 0) is 6.18 Å². The summed E-state index contributed by atoms with van der Waals surface area (Å²) in [7, 11) is 1.56. The number of carbonyl (C=O) groups excluding carboxylic acids is 1. The molecule has 32 heavy (non-hydrogen) atoms. The van der Waals surface area contributed by atoms with Crippen LogP contribution in [0.2, 0.25) is 0 Å². The Morgan fingerprint density at radius 2 is 1.78 bits per heavy atom. The van der Waals surface area contributed by atoms with Gasteiger partial charge in [-0.1, -0.05) is 30.3 Å². The average molecular weight is 438 g/mol. The Morgan fingerprint density at radius 3 is 2.56 bits per heavy atom. The Hall–Kier alpha value is -4.07. The van der Waals surface area contributed by atoms with Gasteiger partial charge >= 0.3 is 6.18 Å². The molecule has 1 amide bonds. The minimum Gasteiger partial charge on any atom is -0.497 e. The number of nitrogens with zero attached hydrogens (tertiary/aromatic N) is 1. The van der Waals surface area contributed by atoms with E-state index in [0.717, 1.165) is 17.7 Å². The third kappa shape index (κ3) is 4.49. The van der Waals surface area contributed by atoms with E-state index in [2.05, 4.69) is 10.3 Å². The molecule has 0 spiro atoms. The number of carbonyl (C=O) groups is 1. The molecule has 0 bridgehead atoms. The van der Waals surface area contributed by atoms with E-state index in [1.807, 2.05) is 12.1 Å². The number of hydrogen-bond donors (Lipinski definition) is 1. The summed E-state index contributed by atoms with van der Waals surface area (Å²) >= 11 is 0. The number of benzene rings is 3. The van der Waals surface area contributed by atoms with Gasteiger partial charge in [-0.15, -0.1) is 0 Å². The van der Waals surface area contributed by atoms with Crippen LogP contribution in [0.5, 0.6) is 5.75 Å². The minimum absolute atomic E-state index is 0.0316. The lowest BCUT2D eigenvalue weighted by Gasteiger charge is -2.11. The maximum atomic E-state index is 13.0. The lowest BCUT2D eigenvalue weighted by Crippen LogP contribution is -2.14. The van der Waals surface area contributed by atoms with Crippen molar-refractivity contribution in [2.75, 3.05) is 12.4 Å². The summed E-state index contributed by atoms with van der Waals surface area (Å²) in [4.78, 5) is 17.1. The largest absolute Gasteiger partial charge is 0.497 e. The normalized spacial score (nSPS) is 11.2. The minimum atomic E-state index is -4.51. The first-order valence-electron chi connectivity index (χ1n) is 9.53. The van der Waals surface area contributed by atoms with Gasteiger partial charge in [-0.3, -0.25) is 4.79 Å². The van der Waals surface area contributed by atoms with Gasteiger partial charge in [0.1, 0.15) is 5.75 Å². The average Bonchev–Trinajstić information content (AvgIpc) is 3.29. The molecule has 0 saturated carbocycles. The summed E-state index contributed by atoms with van der Waals surface area (Å²) in [6.07, 6.45) is -2.97. The molecule has 0 radical (unpaired) electrons. The number of methoxy groups -OCH3 is 1. The van der Waals surface area contributed by atoms with Crippen molar-refractivity contribution in [3.8, 4) is 28.5 Å².